The summed E-state index contributed by atoms with van der Waals surface area (Å²) < 4.78 is 23.7. The van der Waals surface area contributed by atoms with Crippen LogP contribution in [0.5, 0.6) is 0 Å². The minimum atomic E-state index is -0.572. The Kier molecular flexibility index (Phi) is 7.96. The Morgan fingerprint density at radius 3 is 2.45 bits per heavy atom. The molecule has 0 bridgehead atoms. The highest BCUT2D eigenvalue weighted by molar-refractivity contribution is 7.80. The fourth-order valence-corrected chi connectivity index (χ4v) is 3.56. The lowest BCUT2D eigenvalue weighted by atomic mass is 9.95. The van der Waals surface area contributed by atoms with Gasteiger partial charge in [0.05, 0.1) is 18.2 Å². The van der Waals surface area contributed by atoms with Crippen molar-refractivity contribution < 1.29 is 23.5 Å². The van der Waals surface area contributed by atoms with Crippen molar-refractivity contribution in [3.05, 3.63) is 71.2 Å². The first-order valence-electron chi connectivity index (χ1n) is 10.1. The van der Waals surface area contributed by atoms with Gasteiger partial charge in [-0.3, -0.25) is 0 Å². The van der Waals surface area contributed by atoms with Crippen LogP contribution >= 0.6 is 12.2 Å². The molecule has 0 saturated heterocycles. The number of ether oxygens (including phenoxy) is 2. The molecule has 33 heavy (non-hydrogen) atoms. The van der Waals surface area contributed by atoms with Crippen LogP contribution in [0.25, 0.3) is 0 Å². The Labute approximate surface area is 196 Å². The Bertz CT molecular complexity index is 1090. The maximum absolute atomic E-state index is 13.4. The summed E-state index contributed by atoms with van der Waals surface area (Å²) in [6, 6.07) is 11.5. The normalized spacial score (nSPS) is 15.7. The second kappa shape index (κ2) is 10.9. The molecule has 1 aliphatic heterocycles. The molecule has 2 aromatic rings. The van der Waals surface area contributed by atoms with E-state index in [-0.39, 0.29) is 13.2 Å². The SMILES string of the molecule is COCCOC(=O)C1=C(C)N(C)C(=S)NC1c1cccc(NC(=O)Nc2cccc(F)c2)c1. The largest absolute Gasteiger partial charge is 0.460 e. The van der Waals surface area contributed by atoms with Crippen LogP contribution in [0.1, 0.15) is 18.5 Å². The van der Waals surface area contributed by atoms with Crippen LogP contribution in [-0.2, 0) is 14.3 Å². The van der Waals surface area contributed by atoms with Crippen LogP contribution in [0.15, 0.2) is 59.8 Å². The average molecular weight is 473 g/mol. The van der Waals surface area contributed by atoms with Crippen molar-refractivity contribution in [1.82, 2.24) is 10.2 Å². The van der Waals surface area contributed by atoms with Gasteiger partial charge in [-0.2, -0.15) is 0 Å². The number of nitrogens with one attached hydrogen (secondary N) is 3. The Balaban J connectivity index is 1.82. The van der Waals surface area contributed by atoms with Crippen molar-refractivity contribution in [2.24, 2.45) is 0 Å². The number of benzene rings is 2. The van der Waals surface area contributed by atoms with Crippen LogP contribution in [-0.4, -0.2) is 49.4 Å². The van der Waals surface area contributed by atoms with E-state index in [2.05, 4.69) is 16.0 Å². The van der Waals surface area contributed by atoms with Gasteiger partial charge in [0.2, 0.25) is 0 Å². The number of carbonyl (C=O) groups is 2. The van der Waals surface area contributed by atoms with Gasteiger partial charge in [-0.05, 0) is 55.0 Å². The van der Waals surface area contributed by atoms with E-state index in [9.17, 15) is 14.0 Å². The van der Waals surface area contributed by atoms with E-state index in [4.69, 9.17) is 21.7 Å². The molecule has 1 aliphatic rings. The first-order valence-corrected chi connectivity index (χ1v) is 10.6. The Morgan fingerprint density at radius 1 is 1.12 bits per heavy atom. The van der Waals surface area contributed by atoms with Crippen LogP contribution in [0.4, 0.5) is 20.6 Å². The number of hydrogen-bond donors (Lipinski definition) is 3. The second-order valence-electron chi connectivity index (χ2n) is 7.28. The molecule has 1 heterocycles. The maximum Gasteiger partial charge on any atom is 0.338 e. The molecular weight excluding hydrogens is 447 g/mol. The molecule has 10 heteroatoms. The van der Waals surface area contributed by atoms with Gasteiger partial charge in [-0.25, -0.2) is 14.0 Å². The molecule has 174 valence electrons. The van der Waals surface area contributed by atoms with Gasteiger partial charge in [-0.15, -0.1) is 0 Å². The number of allylic oxidation sites excluding steroid dienone is 1. The molecule has 2 amide bonds. The highest BCUT2D eigenvalue weighted by Crippen LogP contribution is 2.32. The number of thiocarbonyl (C=S) groups is 1. The van der Waals surface area contributed by atoms with E-state index >= 15 is 0 Å². The molecule has 8 nitrogen and oxygen atoms in total. The first-order chi connectivity index (χ1) is 15.8. The summed E-state index contributed by atoms with van der Waals surface area (Å²) in [5.74, 6) is -0.940. The van der Waals surface area contributed by atoms with Crippen LogP contribution in [0, 0.1) is 5.82 Å². The lowest BCUT2D eigenvalue weighted by Gasteiger charge is -2.35. The summed E-state index contributed by atoms with van der Waals surface area (Å²) in [6.45, 7) is 2.20. The van der Waals surface area contributed by atoms with Crippen LogP contribution in [0.3, 0.4) is 0 Å². The third kappa shape index (κ3) is 6.05. The zero-order valence-electron chi connectivity index (χ0n) is 18.5. The third-order valence-corrected chi connectivity index (χ3v) is 5.45. The third-order valence-electron chi connectivity index (χ3n) is 5.05. The summed E-state index contributed by atoms with van der Waals surface area (Å²) in [5.41, 5.74) is 2.58. The van der Waals surface area contributed by atoms with Gasteiger partial charge in [0.15, 0.2) is 5.11 Å². The van der Waals surface area contributed by atoms with Crippen LogP contribution in [0.2, 0.25) is 0 Å². The average Bonchev–Trinajstić information content (AvgIpc) is 2.77. The molecule has 3 rings (SSSR count). The predicted molar refractivity (Wildman–Crippen MR) is 127 cm³/mol. The molecule has 1 unspecified atom stereocenters. The lowest BCUT2D eigenvalue weighted by molar-refractivity contribution is -0.140. The highest BCUT2D eigenvalue weighted by Gasteiger charge is 2.33. The molecule has 3 N–H and O–H groups in total. The fourth-order valence-electron chi connectivity index (χ4n) is 3.30. The monoisotopic (exact) mass is 472 g/mol. The van der Waals surface area contributed by atoms with Gasteiger partial charge >= 0.3 is 12.0 Å². The summed E-state index contributed by atoms with van der Waals surface area (Å²) in [4.78, 5) is 26.9. The van der Waals surface area contributed by atoms with Gasteiger partial charge in [-0.1, -0.05) is 18.2 Å². The molecular formula is C23H25FN4O4S. The highest BCUT2D eigenvalue weighted by atomic mass is 32.1. The zero-order chi connectivity index (χ0) is 24.0. The smallest absolute Gasteiger partial charge is 0.338 e. The van der Waals surface area contributed by atoms with Gasteiger partial charge in [0, 0.05) is 31.2 Å². The van der Waals surface area contributed by atoms with E-state index in [1.807, 2.05) is 6.07 Å². The number of methoxy groups -OCH3 is 1. The van der Waals surface area contributed by atoms with Crippen molar-refractivity contribution in [2.75, 3.05) is 38.0 Å². The topological polar surface area (TPSA) is 91.9 Å². The lowest BCUT2D eigenvalue weighted by Crippen LogP contribution is -2.46. The molecule has 0 radical (unpaired) electrons. The van der Waals surface area contributed by atoms with Crippen molar-refractivity contribution in [2.45, 2.75) is 13.0 Å². The number of hydrogen-bond acceptors (Lipinski definition) is 5. The molecule has 2 aromatic carbocycles. The van der Waals surface area contributed by atoms with E-state index in [1.54, 1.807) is 43.1 Å². The minimum absolute atomic E-state index is 0.120. The predicted octanol–water partition coefficient (Wildman–Crippen LogP) is 3.79. The van der Waals surface area contributed by atoms with E-state index in [1.165, 1.54) is 25.3 Å². The number of carbonyl (C=O) groups excluding carboxylic acids is 2. The van der Waals surface area contributed by atoms with Gasteiger partial charge in [0.25, 0.3) is 0 Å². The summed E-state index contributed by atoms with van der Waals surface area (Å²) in [5, 5.41) is 8.90. The Hall–Kier alpha value is -3.50. The molecule has 0 spiro atoms. The van der Waals surface area contributed by atoms with E-state index in [0.29, 0.717) is 33.3 Å². The maximum atomic E-state index is 13.4. The van der Waals surface area contributed by atoms with Crippen molar-refractivity contribution in [3.63, 3.8) is 0 Å². The number of urea groups is 1. The molecule has 1 atom stereocenters. The molecule has 0 saturated carbocycles. The van der Waals surface area contributed by atoms with Crippen LogP contribution < -0.4 is 16.0 Å². The fraction of sp³-hybridized carbons (Fsp3) is 0.261. The van der Waals surface area contributed by atoms with Gasteiger partial charge in [0.1, 0.15) is 12.4 Å². The standard InChI is InChI=1S/C23H25FN4O4S/c1-14-19(21(29)32-11-10-31-3)20(27-23(33)28(14)2)15-6-4-8-17(12-15)25-22(30)26-18-9-5-7-16(24)13-18/h4-9,12-13,20H,10-11H2,1-3H3,(H,27,33)(H2,25,26,30). The zero-order valence-corrected chi connectivity index (χ0v) is 19.3. The molecule has 0 aliphatic carbocycles. The van der Waals surface area contributed by atoms with Crippen molar-refractivity contribution in [1.29, 1.82) is 0 Å². The number of halogens is 1. The minimum Gasteiger partial charge on any atom is -0.460 e. The molecule has 0 fully saturated rings. The number of rotatable bonds is 7. The molecule has 0 aromatic heterocycles. The second-order valence-corrected chi connectivity index (χ2v) is 7.67. The quantitative estimate of drug-likeness (QED) is 0.321. The van der Waals surface area contributed by atoms with Gasteiger partial charge < -0.3 is 30.3 Å². The van der Waals surface area contributed by atoms with Crippen molar-refractivity contribution in [3.8, 4) is 0 Å². The summed E-state index contributed by atoms with van der Waals surface area (Å²) in [7, 11) is 3.29. The number of esters is 1. The van der Waals surface area contributed by atoms with E-state index in [0.717, 1.165) is 0 Å². The number of nitrogens with zero attached hydrogens (tertiary/aromatic N) is 1. The summed E-state index contributed by atoms with van der Waals surface area (Å²) in [6.07, 6.45) is 0. The number of amides is 2. The summed E-state index contributed by atoms with van der Waals surface area (Å²) >= 11 is 5.41. The van der Waals surface area contributed by atoms with Crippen molar-refractivity contribution >= 4 is 40.7 Å². The first kappa shape index (κ1) is 24.1. The number of anilines is 2. The van der Waals surface area contributed by atoms with E-state index < -0.39 is 23.9 Å². The Morgan fingerprint density at radius 2 is 1.79 bits per heavy atom.